The van der Waals surface area contributed by atoms with Crippen molar-refractivity contribution in [1.82, 2.24) is 9.21 Å². The number of nitrogens with zero attached hydrogens (tertiary/aromatic N) is 4. The smallest absolute Gasteiger partial charge is 0.265 e. The lowest BCUT2D eigenvalue weighted by Gasteiger charge is -2.37. The molecule has 0 aromatic heterocycles. The van der Waals surface area contributed by atoms with Crippen molar-refractivity contribution in [1.29, 1.82) is 0 Å². The average Bonchev–Trinajstić information content (AvgIpc) is 2.90. The molecule has 9 nitrogen and oxygen atoms in total. The third-order valence-corrected chi connectivity index (χ3v) is 9.22. The molecule has 2 fully saturated rings. The first kappa shape index (κ1) is 25.5. The molecule has 198 valence electrons. The number of ether oxygens (including phenoxy) is 1. The van der Waals surface area contributed by atoms with Crippen LogP contribution in [0.1, 0.15) is 20.3 Å². The molecule has 2 aromatic rings. The number of hydrogen-bond donors (Lipinski definition) is 0. The topological polar surface area (TPSA) is 90.5 Å². The van der Waals surface area contributed by atoms with E-state index in [1.807, 2.05) is 18.2 Å². The lowest BCUT2D eigenvalue weighted by Crippen LogP contribution is -2.53. The second kappa shape index (κ2) is 10.3. The maximum Gasteiger partial charge on any atom is 0.265 e. The van der Waals surface area contributed by atoms with Crippen LogP contribution in [-0.4, -0.2) is 81.9 Å². The van der Waals surface area contributed by atoms with Crippen molar-refractivity contribution in [2.45, 2.75) is 25.2 Å². The normalized spacial score (nSPS) is 23.0. The number of hydrogen-bond acceptors (Lipinski definition) is 6. The summed E-state index contributed by atoms with van der Waals surface area (Å²) in [7, 11) is -3.74. The predicted molar refractivity (Wildman–Crippen MR) is 141 cm³/mol. The van der Waals surface area contributed by atoms with E-state index in [1.54, 1.807) is 11.0 Å². The van der Waals surface area contributed by atoms with Gasteiger partial charge < -0.3 is 14.5 Å². The molecule has 0 spiro atoms. The number of piperidine rings is 1. The van der Waals surface area contributed by atoms with Crippen LogP contribution in [0.25, 0.3) is 0 Å². The Labute approximate surface area is 218 Å². The number of piperazine rings is 1. The number of carbonyl (C=O) groups is 2. The van der Waals surface area contributed by atoms with E-state index in [4.69, 9.17) is 4.74 Å². The molecule has 0 unspecified atom stereocenters. The van der Waals surface area contributed by atoms with E-state index >= 15 is 0 Å². The zero-order valence-electron chi connectivity index (χ0n) is 21.4. The monoisotopic (exact) mass is 526 g/mol. The molecule has 0 saturated carbocycles. The van der Waals surface area contributed by atoms with E-state index in [0.717, 1.165) is 12.1 Å². The summed E-state index contributed by atoms with van der Waals surface area (Å²) >= 11 is 0. The number of anilines is 2. The molecular weight excluding hydrogens is 492 g/mol. The molecule has 5 rings (SSSR count). The Balaban J connectivity index is 1.31. The summed E-state index contributed by atoms with van der Waals surface area (Å²) in [6.07, 6.45) is 0.994. The van der Waals surface area contributed by atoms with E-state index in [-0.39, 0.29) is 41.7 Å². The molecule has 3 heterocycles. The highest BCUT2D eigenvalue weighted by atomic mass is 32.2. The minimum Gasteiger partial charge on any atom is -0.482 e. The highest BCUT2D eigenvalue weighted by Crippen LogP contribution is 2.36. The number of amides is 2. The molecule has 2 amide bonds. The fourth-order valence-corrected chi connectivity index (χ4v) is 7.26. The van der Waals surface area contributed by atoms with E-state index in [9.17, 15) is 18.0 Å². The van der Waals surface area contributed by atoms with Crippen molar-refractivity contribution in [3.05, 3.63) is 48.5 Å². The molecule has 3 aliphatic rings. The van der Waals surface area contributed by atoms with E-state index in [2.05, 4.69) is 30.9 Å². The Morgan fingerprint density at radius 2 is 1.65 bits per heavy atom. The van der Waals surface area contributed by atoms with Crippen LogP contribution < -0.4 is 14.5 Å². The van der Waals surface area contributed by atoms with Crippen LogP contribution in [0, 0.1) is 11.8 Å². The number of sulfonamides is 1. The SMILES string of the molecule is C[C@@H]1C[C@H](C)CN(S(=O)(=O)c2ccc3c(c2)N(CC(=O)N2CCN(c4ccccc4)CC2)C(=O)CO3)C1. The van der Waals surface area contributed by atoms with E-state index < -0.39 is 10.0 Å². The van der Waals surface area contributed by atoms with Crippen LogP contribution in [0.4, 0.5) is 11.4 Å². The van der Waals surface area contributed by atoms with E-state index in [1.165, 1.54) is 21.3 Å². The van der Waals surface area contributed by atoms with Crippen LogP contribution in [0.15, 0.2) is 53.4 Å². The number of carbonyl (C=O) groups excluding carboxylic acids is 2. The lowest BCUT2D eigenvalue weighted by molar-refractivity contribution is -0.132. The van der Waals surface area contributed by atoms with Crippen LogP contribution in [0.2, 0.25) is 0 Å². The summed E-state index contributed by atoms with van der Waals surface area (Å²) in [4.78, 5) is 31.5. The number of para-hydroxylation sites is 1. The molecule has 10 heteroatoms. The predicted octanol–water partition coefficient (Wildman–Crippen LogP) is 2.43. The van der Waals surface area contributed by atoms with Crippen LogP contribution >= 0.6 is 0 Å². The zero-order chi connectivity index (χ0) is 26.2. The van der Waals surface area contributed by atoms with Gasteiger partial charge in [-0.2, -0.15) is 4.31 Å². The van der Waals surface area contributed by atoms with Gasteiger partial charge in [0.1, 0.15) is 12.3 Å². The number of rotatable bonds is 5. The van der Waals surface area contributed by atoms with Crippen LogP contribution in [0.3, 0.4) is 0 Å². The summed E-state index contributed by atoms with van der Waals surface area (Å²) in [6, 6.07) is 14.7. The van der Waals surface area contributed by atoms with Gasteiger partial charge in [0.05, 0.1) is 10.6 Å². The maximum absolute atomic E-state index is 13.5. The Hall–Kier alpha value is -3.11. The average molecular weight is 527 g/mol. The molecular formula is C27H34N4O5S. The third-order valence-electron chi connectivity index (χ3n) is 7.39. The van der Waals surface area contributed by atoms with Crippen molar-refractivity contribution in [3.8, 4) is 5.75 Å². The Morgan fingerprint density at radius 3 is 2.32 bits per heavy atom. The molecule has 0 aliphatic carbocycles. The minimum absolute atomic E-state index is 0.111. The van der Waals surface area contributed by atoms with Gasteiger partial charge in [-0.15, -0.1) is 0 Å². The third kappa shape index (κ3) is 5.31. The fraction of sp³-hybridized carbons (Fsp3) is 0.481. The second-order valence-electron chi connectivity index (χ2n) is 10.4. The molecule has 2 saturated heterocycles. The molecule has 3 aliphatic heterocycles. The van der Waals surface area contributed by atoms with Crippen molar-refractivity contribution in [2.75, 3.05) is 62.2 Å². The first-order valence-electron chi connectivity index (χ1n) is 12.9. The Bertz CT molecular complexity index is 1250. The zero-order valence-corrected chi connectivity index (χ0v) is 22.2. The first-order valence-corrected chi connectivity index (χ1v) is 14.3. The molecule has 0 radical (unpaired) electrons. The highest BCUT2D eigenvalue weighted by molar-refractivity contribution is 7.89. The minimum atomic E-state index is -3.74. The maximum atomic E-state index is 13.5. The van der Waals surface area contributed by atoms with Gasteiger partial charge in [-0.05, 0) is 48.6 Å². The van der Waals surface area contributed by atoms with Crippen LogP contribution in [0.5, 0.6) is 5.75 Å². The Kier molecular flexibility index (Phi) is 7.13. The van der Waals surface area contributed by atoms with Gasteiger partial charge >= 0.3 is 0 Å². The molecule has 2 atom stereocenters. The van der Waals surface area contributed by atoms with E-state index in [0.29, 0.717) is 50.7 Å². The van der Waals surface area contributed by atoms with Crippen molar-refractivity contribution in [2.24, 2.45) is 11.8 Å². The standard InChI is InChI=1S/C27H34N4O5S/c1-20-14-21(2)17-30(16-20)37(34,35)23-8-9-25-24(15-23)31(27(33)19-36-25)18-26(32)29-12-10-28(11-13-29)22-6-4-3-5-7-22/h3-9,15,20-21H,10-14,16-19H2,1-2H3/t20-,21+. The van der Waals surface area contributed by atoms with Gasteiger partial charge in [-0.3, -0.25) is 14.5 Å². The van der Waals surface area contributed by atoms with Gasteiger partial charge in [-0.1, -0.05) is 32.0 Å². The van der Waals surface area contributed by atoms with Gasteiger partial charge in [0.15, 0.2) is 6.61 Å². The van der Waals surface area contributed by atoms with Crippen LogP contribution in [-0.2, 0) is 19.6 Å². The van der Waals surface area contributed by atoms with Crippen molar-refractivity contribution in [3.63, 3.8) is 0 Å². The van der Waals surface area contributed by atoms with Gasteiger partial charge in [0.25, 0.3) is 5.91 Å². The summed E-state index contributed by atoms with van der Waals surface area (Å²) in [5, 5.41) is 0. The summed E-state index contributed by atoms with van der Waals surface area (Å²) in [5.41, 5.74) is 1.45. The van der Waals surface area contributed by atoms with Crippen molar-refractivity contribution >= 4 is 33.2 Å². The van der Waals surface area contributed by atoms with Gasteiger partial charge in [-0.25, -0.2) is 8.42 Å². The van der Waals surface area contributed by atoms with Gasteiger partial charge in [0, 0.05) is 45.0 Å². The quantitative estimate of drug-likeness (QED) is 0.595. The number of benzene rings is 2. The molecule has 2 aromatic carbocycles. The number of fused-ring (bicyclic) bond motifs is 1. The lowest BCUT2D eigenvalue weighted by atomic mass is 9.94. The van der Waals surface area contributed by atoms with Crippen molar-refractivity contribution < 1.29 is 22.7 Å². The largest absolute Gasteiger partial charge is 0.482 e. The first-order chi connectivity index (χ1) is 17.7. The highest BCUT2D eigenvalue weighted by Gasteiger charge is 2.35. The molecule has 0 bridgehead atoms. The summed E-state index contributed by atoms with van der Waals surface area (Å²) in [5.74, 6) is 0.426. The Morgan fingerprint density at radius 1 is 0.973 bits per heavy atom. The molecule has 37 heavy (non-hydrogen) atoms. The van der Waals surface area contributed by atoms with Gasteiger partial charge in [0.2, 0.25) is 15.9 Å². The summed E-state index contributed by atoms with van der Waals surface area (Å²) < 4.78 is 34.0. The fourth-order valence-electron chi connectivity index (χ4n) is 5.55. The molecule has 0 N–H and O–H groups in total. The summed E-state index contributed by atoms with van der Waals surface area (Å²) in [6.45, 7) is 7.24. The second-order valence-corrected chi connectivity index (χ2v) is 12.3.